The van der Waals surface area contributed by atoms with Crippen LogP contribution in [0.25, 0.3) is 0 Å². The Morgan fingerprint density at radius 3 is 1.91 bits per heavy atom. The number of hydrogen-bond acceptors (Lipinski definition) is 4. The maximum Gasteiger partial charge on any atom is 0.332 e. The fraction of sp³-hybridized carbons (Fsp3) is 0.704. The van der Waals surface area contributed by atoms with E-state index < -0.39 is 12.1 Å². The summed E-state index contributed by atoms with van der Waals surface area (Å²) in [5.74, 6) is -1.16. The van der Waals surface area contributed by atoms with E-state index in [0.29, 0.717) is 13.0 Å². The van der Waals surface area contributed by atoms with Gasteiger partial charge in [0, 0.05) is 6.92 Å². The number of aliphatic carboxylic acids is 1. The molecule has 1 aromatic rings. The van der Waals surface area contributed by atoms with Crippen LogP contribution in [-0.2, 0) is 25.7 Å². The zero-order chi connectivity index (χ0) is 23.4. The topological polar surface area (TPSA) is 72.8 Å². The van der Waals surface area contributed by atoms with E-state index in [-0.39, 0.29) is 12.1 Å². The van der Waals surface area contributed by atoms with Crippen molar-refractivity contribution in [2.75, 3.05) is 0 Å². The van der Waals surface area contributed by atoms with Gasteiger partial charge in [-0.05, 0) is 37.7 Å². The summed E-state index contributed by atoms with van der Waals surface area (Å²) in [6, 6.07) is 9.60. The summed E-state index contributed by atoms with van der Waals surface area (Å²) in [7, 11) is 0. The number of unbranched alkanes of at least 4 members (excludes halogenated alkanes) is 9. The number of carbonyl (C=O) groups is 2. The Morgan fingerprint density at radius 2 is 1.34 bits per heavy atom. The minimum Gasteiger partial charge on any atom is -0.479 e. The third kappa shape index (κ3) is 15.0. The van der Waals surface area contributed by atoms with Gasteiger partial charge in [-0.3, -0.25) is 4.79 Å². The Balaban J connectivity index is 2.22. The number of carboxylic acids is 1. The maximum atomic E-state index is 11.5. The highest BCUT2D eigenvalue weighted by atomic mass is 16.5. The molecular weight excluding hydrogens is 404 g/mol. The van der Waals surface area contributed by atoms with Crippen molar-refractivity contribution in [2.24, 2.45) is 0 Å². The lowest BCUT2D eigenvalue weighted by Gasteiger charge is -2.18. The summed E-state index contributed by atoms with van der Waals surface area (Å²) in [6.07, 6.45) is 14.3. The molecule has 5 nitrogen and oxygen atoms in total. The van der Waals surface area contributed by atoms with Crippen molar-refractivity contribution in [1.82, 2.24) is 0 Å². The van der Waals surface area contributed by atoms with Crippen LogP contribution in [0.3, 0.4) is 0 Å². The first-order valence-electron chi connectivity index (χ1n) is 12.6. The molecule has 5 heteroatoms. The number of carbonyl (C=O) groups excluding carboxylic acids is 1. The number of hydrogen-bond donors (Lipinski definition) is 1. The minimum atomic E-state index is -0.924. The van der Waals surface area contributed by atoms with Crippen LogP contribution in [0, 0.1) is 0 Å². The van der Waals surface area contributed by atoms with Crippen LogP contribution in [0.15, 0.2) is 30.3 Å². The van der Waals surface area contributed by atoms with E-state index in [0.717, 1.165) is 37.7 Å². The first-order chi connectivity index (χ1) is 15.5. The number of ether oxygens (including phenoxy) is 2. The molecule has 0 aliphatic carbocycles. The highest BCUT2D eigenvalue weighted by molar-refractivity contribution is 5.72. The van der Waals surface area contributed by atoms with Crippen molar-refractivity contribution in [1.29, 1.82) is 0 Å². The van der Waals surface area contributed by atoms with Crippen LogP contribution >= 0.6 is 0 Å². The summed E-state index contributed by atoms with van der Waals surface area (Å²) >= 11 is 0. The van der Waals surface area contributed by atoms with Gasteiger partial charge in [-0.2, -0.15) is 0 Å². The molecular formula is C27H44O5. The van der Waals surface area contributed by atoms with Crippen LogP contribution in [-0.4, -0.2) is 29.3 Å². The van der Waals surface area contributed by atoms with Crippen LogP contribution < -0.4 is 0 Å². The summed E-state index contributed by atoms with van der Waals surface area (Å²) in [5, 5.41) is 9.43. The maximum absolute atomic E-state index is 11.5. The summed E-state index contributed by atoms with van der Waals surface area (Å²) in [4.78, 5) is 22.9. The van der Waals surface area contributed by atoms with Crippen LogP contribution in [0.5, 0.6) is 0 Å². The molecule has 0 heterocycles. The van der Waals surface area contributed by atoms with E-state index in [1.165, 1.54) is 58.3 Å². The fourth-order valence-corrected chi connectivity index (χ4v) is 3.93. The Bertz CT molecular complexity index is 601. The lowest BCUT2D eigenvalue weighted by atomic mass is 10.0. The standard InChI is InChI=1S/C27H44O5/c1-3-4-5-6-7-8-9-10-14-19-25(32-23(2)28)20-15-16-21-26(27(29)30)31-22-24-17-12-11-13-18-24/h11-13,17-18,25-26H,3-10,14-16,19-22H2,1-2H3,(H,29,30). The molecule has 1 rings (SSSR count). The van der Waals surface area contributed by atoms with Gasteiger partial charge >= 0.3 is 11.9 Å². The van der Waals surface area contributed by atoms with Crippen molar-refractivity contribution in [2.45, 2.75) is 123 Å². The molecule has 0 spiro atoms. The zero-order valence-electron chi connectivity index (χ0n) is 20.2. The monoisotopic (exact) mass is 448 g/mol. The average molecular weight is 449 g/mol. The number of esters is 1. The minimum absolute atomic E-state index is 0.0643. The van der Waals surface area contributed by atoms with Crippen molar-refractivity contribution in [3.8, 4) is 0 Å². The lowest BCUT2D eigenvalue weighted by Crippen LogP contribution is -2.24. The lowest BCUT2D eigenvalue weighted by molar-refractivity contribution is -0.151. The van der Waals surface area contributed by atoms with Gasteiger partial charge < -0.3 is 14.6 Å². The van der Waals surface area contributed by atoms with Gasteiger partial charge in [0.1, 0.15) is 6.10 Å². The highest BCUT2D eigenvalue weighted by Gasteiger charge is 2.18. The SMILES string of the molecule is CCCCCCCCCCCC(CCCCC(OCc1ccccc1)C(=O)O)OC(C)=O. The van der Waals surface area contributed by atoms with E-state index in [9.17, 15) is 14.7 Å². The third-order valence-corrected chi connectivity index (χ3v) is 5.77. The average Bonchev–Trinajstić information content (AvgIpc) is 2.77. The van der Waals surface area contributed by atoms with Gasteiger partial charge in [0.05, 0.1) is 6.61 Å². The molecule has 1 aromatic carbocycles. The second kappa shape index (κ2) is 18.7. The molecule has 2 atom stereocenters. The molecule has 182 valence electrons. The van der Waals surface area contributed by atoms with Crippen LogP contribution in [0.1, 0.15) is 109 Å². The summed E-state index contributed by atoms with van der Waals surface area (Å²) < 4.78 is 11.1. The van der Waals surface area contributed by atoms with Crippen molar-refractivity contribution < 1.29 is 24.2 Å². The fourth-order valence-electron chi connectivity index (χ4n) is 3.93. The van der Waals surface area contributed by atoms with Gasteiger partial charge in [0.25, 0.3) is 0 Å². The Morgan fingerprint density at radius 1 is 0.812 bits per heavy atom. The first kappa shape index (κ1) is 28.2. The molecule has 0 bridgehead atoms. The van der Waals surface area contributed by atoms with Crippen LogP contribution in [0.2, 0.25) is 0 Å². The van der Waals surface area contributed by atoms with Crippen molar-refractivity contribution in [3.05, 3.63) is 35.9 Å². The molecule has 0 aromatic heterocycles. The third-order valence-electron chi connectivity index (χ3n) is 5.77. The van der Waals surface area contributed by atoms with Gasteiger partial charge in [-0.15, -0.1) is 0 Å². The molecule has 0 aliphatic heterocycles. The molecule has 32 heavy (non-hydrogen) atoms. The van der Waals surface area contributed by atoms with Gasteiger partial charge in [0.15, 0.2) is 6.10 Å². The molecule has 0 saturated heterocycles. The van der Waals surface area contributed by atoms with Gasteiger partial charge in [-0.1, -0.05) is 95.0 Å². The predicted octanol–water partition coefficient (Wildman–Crippen LogP) is 7.07. The van der Waals surface area contributed by atoms with E-state index in [1.54, 1.807) is 0 Å². The molecule has 0 saturated carbocycles. The highest BCUT2D eigenvalue weighted by Crippen LogP contribution is 2.18. The molecule has 0 fully saturated rings. The van der Waals surface area contributed by atoms with Gasteiger partial charge in [-0.25, -0.2) is 4.79 Å². The van der Waals surface area contributed by atoms with Crippen molar-refractivity contribution in [3.63, 3.8) is 0 Å². The molecule has 1 N–H and O–H groups in total. The summed E-state index contributed by atoms with van der Waals surface area (Å²) in [5.41, 5.74) is 0.967. The zero-order valence-corrected chi connectivity index (χ0v) is 20.2. The van der Waals surface area contributed by atoms with E-state index >= 15 is 0 Å². The van der Waals surface area contributed by atoms with Crippen LogP contribution in [0.4, 0.5) is 0 Å². The number of rotatable bonds is 20. The smallest absolute Gasteiger partial charge is 0.332 e. The second-order valence-electron chi connectivity index (χ2n) is 8.76. The Kier molecular flexibility index (Phi) is 16.4. The quantitative estimate of drug-likeness (QED) is 0.171. The molecule has 2 unspecified atom stereocenters. The van der Waals surface area contributed by atoms with Gasteiger partial charge in [0.2, 0.25) is 0 Å². The second-order valence-corrected chi connectivity index (χ2v) is 8.76. The largest absolute Gasteiger partial charge is 0.479 e. The Hall–Kier alpha value is -1.88. The normalized spacial score (nSPS) is 12.9. The number of benzene rings is 1. The van der Waals surface area contributed by atoms with E-state index in [4.69, 9.17) is 9.47 Å². The van der Waals surface area contributed by atoms with E-state index in [2.05, 4.69) is 6.92 Å². The molecule has 0 amide bonds. The predicted molar refractivity (Wildman–Crippen MR) is 129 cm³/mol. The summed E-state index contributed by atoms with van der Waals surface area (Å²) in [6.45, 7) is 4.00. The first-order valence-corrected chi connectivity index (χ1v) is 12.6. The Labute approximate surface area is 194 Å². The van der Waals surface area contributed by atoms with Crippen molar-refractivity contribution >= 4 is 11.9 Å². The molecule has 0 radical (unpaired) electrons. The van der Waals surface area contributed by atoms with E-state index in [1.807, 2.05) is 30.3 Å². The molecule has 0 aliphatic rings. The number of carboxylic acid groups (broad SMARTS) is 1.